The zero-order chi connectivity index (χ0) is 7.78. The van der Waals surface area contributed by atoms with Crippen molar-refractivity contribution >= 4 is 45.5 Å². The lowest BCUT2D eigenvalue weighted by Gasteiger charge is -1.89. The van der Waals surface area contributed by atoms with Gasteiger partial charge >= 0.3 is 0 Å². The van der Waals surface area contributed by atoms with Crippen LogP contribution in [0.4, 0.5) is 0 Å². The van der Waals surface area contributed by atoms with E-state index in [1.54, 1.807) is 0 Å². The summed E-state index contributed by atoms with van der Waals surface area (Å²) in [7, 11) is -4.11. The molecule has 1 heterocycles. The minimum absolute atomic E-state index is 0. The molecule has 1 aromatic rings. The molecule has 0 bridgehead atoms. The zero-order valence-electron chi connectivity index (χ0n) is 5.02. The largest absolute Gasteiger partial charge is 0.296 e. The first-order chi connectivity index (χ1) is 4.52. The topological polar surface area (TPSA) is 54.4 Å². The van der Waals surface area contributed by atoms with Crippen LogP contribution in [0.3, 0.4) is 0 Å². The lowest BCUT2D eigenvalue weighted by Crippen LogP contribution is -1.95. The highest BCUT2D eigenvalue weighted by Crippen LogP contribution is 2.26. The Balaban J connectivity index is 0.000001000. The van der Waals surface area contributed by atoms with Crippen molar-refractivity contribution in [3.05, 3.63) is 15.8 Å². The standard InChI is InChI=1S/C4H3ClO3S2.ClH/c5-4-3(1-2-9-4)10(6,7)8;/h1-2H,(H,6,7,8);1H. The van der Waals surface area contributed by atoms with Crippen LogP contribution in [-0.2, 0) is 10.1 Å². The third-order valence-corrected chi connectivity index (χ3v) is 3.17. The number of halogens is 2. The van der Waals surface area contributed by atoms with Crippen molar-refractivity contribution in [3.63, 3.8) is 0 Å². The maximum atomic E-state index is 10.4. The maximum absolute atomic E-state index is 10.4. The molecule has 0 aliphatic carbocycles. The van der Waals surface area contributed by atoms with E-state index in [0.29, 0.717) is 0 Å². The summed E-state index contributed by atoms with van der Waals surface area (Å²) in [6.45, 7) is 0. The fraction of sp³-hybridized carbons (Fsp3) is 0. The Labute approximate surface area is 79.2 Å². The molecule has 0 unspecified atom stereocenters. The summed E-state index contributed by atoms with van der Waals surface area (Å²) in [4.78, 5) is -0.223. The average Bonchev–Trinajstić information content (AvgIpc) is 2.11. The van der Waals surface area contributed by atoms with Crippen LogP contribution in [0.25, 0.3) is 0 Å². The highest BCUT2D eigenvalue weighted by Gasteiger charge is 2.14. The van der Waals surface area contributed by atoms with Crippen molar-refractivity contribution in [3.8, 4) is 0 Å². The van der Waals surface area contributed by atoms with Gasteiger partial charge in [-0.2, -0.15) is 8.42 Å². The maximum Gasteiger partial charge on any atom is 0.296 e. The Bertz CT molecular complexity index is 329. The van der Waals surface area contributed by atoms with E-state index in [0.717, 1.165) is 11.3 Å². The summed E-state index contributed by atoms with van der Waals surface area (Å²) in [6, 6.07) is 1.25. The lowest BCUT2D eigenvalue weighted by molar-refractivity contribution is 0.483. The predicted molar refractivity (Wildman–Crippen MR) is 46.4 cm³/mol. The Morgan fingerprint density at radius 2 is 2.09 bits per heavy atom. The van der Waals surface area contributed by atoms with Crippen molar-refractivity contribution in [2.45, 2.75) is 4.90 Å². The number of thiophene rings is 1. The van der Waals surface area contributed by atoms with Crippen LogP contribution in [-0.4, -0.2) is 13.0 Å². The van der Waals surface area contributed by atoms with E-state index >= 15 is 0 Å². The molecule has 0 amide bonds. The molecule has 0 radical (unpaired) electrons. The van der Waals surface area contributed by atoms with E-state index in [2.05, 4.69) is 0 Å². The summed E-state index contributed by atoms with van der Waals surface area (Å²) in [5.74, 6) is 0. The van der Waals surface area contributed by atoms with Crippen LogP contribution in [0.2, 0.25) is 4.34 Å². The second-order valence-corrected chi connectivity index (χ2v) is 4.44. The van der Waals surface area contributed by atoms with Gasteiger partial charge in [0.2, 0.25) is 0 Å². The summed E-state index contributed by atoms with van der Waals surface area (Å²) in [6.07, 6.45) is 0. The van der Waals surface area contributed by atoms with E-state index in [1.165, 1.54) is 11.4 Å². The van der Waals surface area contributed by atoms with E-state index in [9.17, 15) is 8.42 Å². The molecule has 0 atom stereocenters. The Hall–Kier alpha value is 0.190. The molecule has 0 saturated carbocycles. The van der Waals surface area contributed by atoms with Gasteiger partial charge in [-0.1, -0.05) is 11.6 Å². The fourth-order valence-corrected chi connectivity index (χ4v) is 2.47. The molecule has 0 aromatic carbocycles. The van der Waals surface area contributed by atoms with E-state index in [-0.39, 0.29) is 21.6 Å². The Morgan fingerprint density at radius 3 is 2.27 bits per heavy atom. The molecule has 1 aromatic heterocycles. The number of hydrogen-bond donors (Lipinski definition) is 1. The molecular formula is C4H4Cl2O3S2. The minimum atomic E-state index is -4.11. The van der Waals surface area contributed by atoms with Crippen LogP contribution < -0.4 is 0 Å². The molecule has 1 rings (SSSR count). The predicted octanol–water partition coefficient (Wildman–Crippen LogP) is 2.07. The van der Waals surface area contributed by atoms with E-state index in [1.807, 2.05) is 0 Å². The number of rotatable bonds is 1. The molecule has 1 N–H and O–H groups in total. The van der Waals surface area contributed by atoms with Gasteiger partial charge in [0.05, 0.1) is 0 Å². The number of hydrogen-bond acceptors (Lipinski definition) is 3. The molecule has 0 saturated heterocycles. The molecule has 3 nitrogen and oxygen atoms in total. The zero-order valence-corrected chi connectivity index (χ0v) is 8.23. The van der Waals surface area contributed by atoms with Gasteiger partial charge in [-0.05, 0) is 11.4 Å². The van der Waals surface area contributed by atoms with Crippen molar-refractivity contribution < 1.29 is 13.0 Å². The van der Waals surface area contributed by atoms with Gasteiger partial charge in [-0.15, -0.1) is 23.7 Å². The monoisotopic (exact) mass is 234 g/mol. The SMILES string of the molecule is Cl.O=S(=O)(O)c1ccsc1Cl. The average molecular weight is 235 g/mol. The molecule has 11 heavy (non-hydrogen) atoms. The first kappa shape index (κ1) is 11.2. The first-order valence-electron chi connectivity index (χ1n) is 2.22. The Morgan fingerprint density at radius 1 is 1.55 bits per heavy atom. The van der Waals surface area contributed by atoms with Gasteiger partial charge < -0.3 is 0 Å². The van der Waals surface area contributed by atoms with Gasteiger partial charge in [0.1, 0.15) is 9.23 Å². The second kappa shape index (κ2) is 3.73. The molecule has 0 fully saturated rings. The molecule has 0 spiro atoms. The van der Waals surface area contributed by atoms with Gasteiger partial charge in [0.25, 0.3) is 10.1 Å². The third-order valence-electron chi connectivity index (χ3n) is 0.863. The fourth-order valence-electron chi connectivity index (χ4n) is 0.467. The van der Waals surface area contributed by atoms with Crippen LogP contribution in [0.15, 0.2) is 16.3 Å². The van der Waals surface area contributed by atoms with Crippen LogP contribution in [0.1, 0.15) is 0 Å². The molecule has 0 aliphatic rings. The van der Waals surface area contributed by atoms with Crippen LogP contribution >= 0.6 is 35.3 Å². The van der Waals surface area contributed by atoms with Gasteiger partial charge in [-0.25, -0.2) is 0 Å². The lowest BCUT2D eigenvalue weighted by atomic mass is 10.7. The van der Waals surface area contributed by atoms with Crippen molar-refractivity contribution in [1.82, 2.24) is 0 Å². The highest BCUT2D eigenvalue weighted by molar-refractivity contribution is 7.86. The van der Waals surface area contributed by atoms with Crippen LogP contribution in [0.5, 0.6) is 0 Å². The van der Waals surface area contributed by atoms with Crippen molar-refractivity contribution in [1.29, 1.82) is 0 Å². The quantitative estimate of drug-likeness (QED) is 0.758. The summed E-state index contributed by atoms with van der Waals surface area (Å²) < 4.78 is 29.3. The van der Waals surface area contributed by atoms with Crippen molar-refractivity contribution in [2.24, 2.45) is 0 Å². The summed E-state index contributed by atoms with van der Waals surface area (Å²) in [5, 5.41) is 1.49. The third kappa shape index (κ3) is 2.61. The van der Waals surface area contributed by atoms with E-state index in [4.69, 9.17) is 16.2 Å². The summed E-state index contributed by atoms with van der Waals surface area (Å²) in [5.41, 5.74) is 0. The van der Waals surface area contributed by atoms with Gasteiger partial charge in [0, 0.05) is 0 Å². The second-order valence-electron chi connectivity index (χ2n) is 1.53. The molecule has 0 aliphatic heterocycles. The minimum Gasteiger partial charge on any atom is -0.282 e. The molecular weight excluding hydrogens is 231 g/mol. The first-order valence-corrected chi connectivity index (χ1v) is 4.92. The summed E-state index contributed by atoms with van der Waals surface area (Å²) >= 11 is 6.46. The van der Waals surface area contributed by atoms with Gasteiger partial charge in [0.15, 0.2) is 0 Å². The smallest absolute Gasteiger partial charge is 0.282 e. The Kier molecular flexibility index (Phi) is 3.79. The molecule has 7 heteroatoms. The molecule has 64 valence electrons. The highest BCUT2D eigenvalue weighted by atomic mass is 35.5. The normalized spacial score (nSPS) is 10.7. The van der Waals surface area contributed by atoms with Gasteiger partial charge in [-0.3, -0.25) is 4.55 Å². The van der Waals surface area contributed by atoms with E-state index < -0.39 is 10.1 Å². The van der Waals surface area contributed by atoms with Crippen molar-refractivity contribution in [2.75, 3.05) is 0 Å². The van der Waals surface area contributed by atoms with Crippen LogP contribution in [0, 0.1) is 0 Å².